The van der Waals surface area contributed by atoms with Crippen molar-refractivity contribution in [2.24, 2.45) is 0 Å². The molecule has 18 heavy (non-hydrogen) atoms. The molecule has 1 atom stereocenters. The Labute approximate surface area is 106 Å². The van der Waals surface area contributed by atoms with Gasteiger partial charge in [-0.15, -0.1) is 0 Å². The number of benzene rings is 1. The summed E-state index contributed by atoms with van der Waals surface area (Å²) in [6.45, 7) is 1.95. The van der Waals surface area contributed by atoms with Crippen LogP contribution in [0.15, 0.2) is 18.2 Å². The number of hydrogen-bond acceptors (Lipinski definition) is 4. The summed E-state index contributed by atoms with van der Waals surface area (Å²) >= 11 is 0. The predicted molar refractivity (Wildman–Crippen MR) is 65.5 cm³/mol. The van der Waals surface area contributed by atoms with Crippen LogP contribution in [-0.4, -0.2) is 31.2 Å². The van der Waals surface area contributed by atoms with Gasteiger partial charge >= 0.3 is 0 Å². The van der Waals surface area contributed by atoms with E-state index in [4.69, 9.17) is 14.2 Å². The Hall–Kier alpha value is -1.10. The summed E-state index contributed by atoms with van der Waals surface area (Å²) in [7, 11) is 0. The summed E-state index contributed by atoms with van der Waals surface area (Å²) in [4.78, 5) is 0. The SMILES string of the molecule is OC(CC1OCCO1)c1cccc2c1OCCC2. The zero-order chi connectivity index (χ0) is 12.4. The van der Waals surface area contributed by atoms with E-state index < -0.39 is 6.10 Å². The van der Waals surface area contributed by atoms with Crippen LogP contribution in [0, 0.1) is 0 Å². The molecule has 0 bridgehead atoms. The number of aliphatic hydroxyl groups is 1. The first-order valence-electron chi connectivity index (χ1n) is 6.50. The Morgan fingerprint density at radius 2 is 2.06 bits per heavy atom. The number of para-hydroxylation sites is 1. The van der Waals surface area contributed by atoms with Crippen molar-refractivity contribution >= 4 is 0 Å². The Morgan fingerprint density at radius 3 is 2.89 bits per heavy atom. The average Bonchev–Trinajstić information content (AvgIpc) is 2.91. The van der Waals surface area contributed by atoms with Crippen molar-refractivity contribution in [3.63, 3.8) is 0 Å². The summed E-state index contributed by atoms with van der Waals surface area (Å²) < 4.78 is 16.4. The molecule has 0 spiro atoms. The summed E-state index contributed by atoms with van der Waals surface area (Å²) in [5.41, 5.74) is 2.04. The lowest BCUT2D eigenvalue weighted by molar-refractivity contribution is -0.0710. The molecule has 0 radical (unpaired) electrons. The number of aliphatic hydroxyl groups excluding tert-OH is 1. The first-order chi connectivity index (χ1) is 8.84. The average molecular weight is 250 g/mol. The highest BCUT2D eigenvalue weighted by Gasteiger charge is 2.25. The third-order valence-electron chi connectivity index (χ3n) is 3.43. The minimum atomic E-state index is -0.596. The van der Waals surface area contributed by atoms with Gasteiger partial charge in [0.05, 0.1) is 25.9 Å². The standard InChI is InChI=1S/C14H18O4/c15-12(9-13-16-7-8-17-13)11-5-1-3-10-4-2-6-18-14(10)11/h1,3,5,12-13,15H,2,4,6-9H2. The van der Waals surface area contributed by atoms with Crippen molar-refractivity contribution in [2.75, 3.05) is 19.8 Å². The third-order valence-corrected chi connectivity index (χ3v) is 3.43. The number of fused-ring (bicyclic) bond motifs is 1. The maximum absolute atomic E-state index is 10.3. The monoisotopic (exact) mass is 250 g/mol. The third kappa shape index (κ3) is 2.36. The van der Waals surface area contributed by atoms with Crippen LogP contribution in [0.4, 0.5) is 0 Å². The van der Waals surface area contributed by atoms with Gasteiger partial charge in [0.25, 0.3) is 0 Å². The lowest BCUT2D eigenvalue weighted by Gasteiger charge is -2.23. The van der Waals surface area contributed by atoms with Crippen molar-refractivity contribution in [2.45, 2.75) is 31.7 Å². The highest BCUT2D eigenvalue weighted by molar-refractivity contribution is 5.43. The highest BCUT2D eigenvalue weighted by Crippen LogP contribution is 2.35. The second kappa shape index (κ2) is 5.26. The van der Waals surface area contributed by atoms with Gasteiger partial charge in [-0.3, -0.25) is 0 Å². The van der Waals surface area contributed by atoms with Crippen molar-refractivity contribution in [3.8, 4) is 5.75 Å². The van der Waals surface area contributed by atoms with Crippen molar-refractivity contribution in [3.05, 3.63) is 29.3 Å². The second-order valence-electron chi connectivity index (χ2n) is 4.71. The quantitative estimate of drug-likeness (QED) is 0.888. The molecule has 1 aromatic rings. The van der Waals surface area contributed by atoms with Gasteiger partial charge in [0.1, 0.15) is 5.75 Å². The molecule has 2 aliphatic rings. The van der Waals surface area contributed by atoms with Crippen LogP contribution >= 0.6 is 0 Å². The molecule has 0 aliphatic carbocycles. The summed E-state index contributed by atoms with van der Waals surface area (Å²) in [6, 6.07) is 5.96. The largest absolute Gasteiger partial charge is 0.493 e. The Balaban J connectivity index is 1.78. The van der Waals surface area contributed by atoms with Crippen LogP contribution in [0.2, 0.25) is 0 Å². The maximum atomic E-state index is 10.3. The lowest BCUT2D eigenvalue weighted by atomic mass is 9.98. The van der Waals surface area contributed by atoms with Crippen LogP contribution < -0.4 is 4.74 Å². The molecule has 0 aromatic heterocycles. The molecule has 4 heteroatoms. The fourth-order valence-corrected chi connectivity index (χ4v) is 2.53. The van der Waals surface area contributed by atoms with E-state index in [1.807, 2.05) is 12.1 Å². The van der Waals surface area contributed by atoms with Crippen LogP contribution in [0.3, 0.4) is 0 Å². The minimum Gasteiger partial charge on any atom is -0.493 e. The van der Waals surface area contributed by atoms with Gasteiger partial charge in [-0.2, -0.15) is 0 Å². The van der Waals surface area contributed by atoms with Gasteiger partial charge in [-0.05, 0) is 18.4 Å². The molecule has 1 fully saturated rings. The normalized spacial score (nSPS) is 21.4. The molecule has 0 amide bonds. The van der Waals surface area contributed by atoms with Gasteiger partial charge in [0.15, 0.2) is 6.29 Å². The van der Waals surface area contributed by atoms with E-state index >= 15 is 0 Å². The molecule has 98 valence electrons. The molecule has 1 N–H and O–H groups in total. The zero-order valence-electron chi connectivity index (χ0n) is 10.3. The van der Waals surface area contributed by atoms with E-state index in [-0.39, 0.29) is 6.29 Å². The molecule has 1 saturated heterocycles. The number of ether oxygens (including phenoxy) is 3. The maximum Gasteiger partial charge on any atom is 0.160 e. The summed E-state index contributed by atoms with van der Waals surface area (Å²) in [5.74, 6) is 0.856. The Morgan fingerprint density at radius 1 is 1.22 bits per heavy atom. The first kappa shape index (κ1) is 12.0. The van der Waals surface area contributed by atoms with Crippen LogP contribution in [0.1, 0.15) is 30.1 Å². The molecule has 2 heterocycles. The molecule has 1 aromatic carbocycles. The minimum absolute atomic E-state index is 0.292. The first-order valence-corrected chi connectivity index (χ1v) is 6.50. The van der Waals surface area contributed by atoms with E-state index in [1.165, 1.54) is 5.56 Å². The van der Waals surface area contributed by atoms with Gasteiger partial charge in [-0.25, -0.2) is 0 Å². The number of rotatable bonds is 3. The van der Waals surface area contributed by atoms with Crippen LogP contribution in [-0.2, 0) is 15.9 Å². The molecule has 0 saturated carbocycles. The molecule has 1 unspecified atom stereocenters. The van der Waals surface area contributed by atoms with Gasteiger partial charge in [0.2, 0.25) is 0 Å². The van der Waals surface area contributed by atoms with Crippen molar-refractivity contribution < 1.29 is 19.3 Å². The molecule has 3 rings (SSSR count). The molecule has 4 nitrogen and oxygen atoms in total. The molecular formula is C14H18O4. The van der Waals surface area contributed by atoms with Gasteiger partial charge in [0, 0.05) is 12.0 Å². The summed E-state index contributed by atoms with van der Waals surface area (Å²) in [5, 5.41) is 10.3. The smallest absolute Gasteiger partial charge is 0.160 e. The zero-order valence-corrected chi connectivity index (χ0v) is 10.3. The van der Waals surface area contributed by atoms with Crippen LogP contribution in [0.25, 0.3) is 0 Å². The summed E-state index contributed by atoms with van der Waals surface area (Å²) in [6.07, 6.45) is 1.63. The Kier molecular flexibility index (Phi) is 3.50. The number of hydrogen-bond donors (Lipinski definition) is 1. The van der Waals surface area contributed by atoms with Crippen LogP contribution in [0.5, 0.6) is 5.75 Å². The lowest BCUT2D eigenvalue weighted by Crippen LogP contribution is -2.16. The predicted octanol–water partition coefficient (Wildman–Crippen LogP) is 1.81. The van der Waals surface area contributed by atoms with E-state index in [1.54, 1.807) is 0 Å². The van der Waals surface area contributed by atoms with E-state index in [0.29, 0.717) is 19.6 Å². The van der Waals surface area contributed by atoms with Gasteiger partial charge in [-0.1, -0.05) is 18.2 Å². The number of aryl methyl sites for hydroxylation is 1. The van der Waals surface area contributed by atoms with Crippen molar-refractivity contribution in [1.82, 2.24) is 0 Å². The fourth-order valence-electron chi connectivity index (χ4n) is 2.53. The van der Waals surface area contributed by atoms with E-state index in [0.717, 1.165) is 30.8 Å². The fraction of sp³-hybridized carbons (Fsp3) is 0.571. The highest BCUT2D eigenvalue weighted by atomic mass is 16.7. The molecule has 2 aliphatic heterocycles. The van der Waals surface area contributed by atoms with E-state index in [9.17, 15) is 5.11 Å². The van der Waals surface area contributed by atoms with E-state index in [2.05, 4.69) is 6.07 Å². The second-order valence-corrected chi connectivity index (χ2v) is 4.71. The Bertz CT molecular complexity index is 412. The van der Waals surface area contributed by atoms with Gasteiger partial charge < -0.3 is 19.3 Å². The molecular weight excluding hydrogens is 232 g/mol. The topological polar surface area (TPSA) is 47.9 Å². The van der Waals surface area contributed by atoms with Crippen molar-refractivity contribution in [1.29, 1.82) is 0 Å².